The summed E-state index contributed by atoms with van der Waals surface area (Å²) in [7, 11) is 0. The zero-order chi connectivity index (χ0) is 12.7. The number of carbonyl (C=O) groups excluding carboxylic acids is 1. The largest absolute Gasteiger partial charge is 0.445 e. The molecule has 1 N–H and O–H groups in total. The molecule has 1 amide bonds. The average molecular weight is 256 g/mol. The van der Waals surface area contributed by atoms with Gasteiger partial charge in [0.2, 0.25) is 0 Å². The number of hydrogen-bond acceptors (Lipinski definition) is 2. The minimum Gasteiger partial charge on any atom is -0.445 e. The summed E-state index contributed by atoms with van der Waals surface area (Å²) in [5, 5.41) is 2.78. The molecule has 1 aromatic rings. The van der Waals surface area contributed by atoms with Crippen molar-refractivity contribution in [3.05, 3.63) is 35.9 Å². The van der Waals surface area contributed by atoms with Gasteiger partial charge < -0.3 is 10.1 Å². The highest BCUT2D eigenvalue weighted by Gasteiger charge is 2.20. The third-order valence-electron chi connectivity index (χ3n) is 2.37. The van der Waals surface area contributed by atoms with Crippen LogP contribution >= 0.6 is 11.6 Å². The molecular formula is C13H18ClNO2. The van der Waals surface area contributed by atoms with Crippen molar-refractivity contribution in [3.63, 3.8) is 0 Å². The fraction of sp³-hybridized carbons (Fsp3) is 0.462. The van der Waals surface area contributed by atoms with Gasteiger partial charge in [-0.3, -0.25) is 0 Å². The molecule has 4 heteroatoms. The Morgan fingerprint density at radius 2 is 2.00 bits per heavy atom. The van der Waals surface area contributed by atoms with Crippen molar-refractivity contribution in [3.8, 4) is 0 Å². The van der Waals surface area contributed by atoms with E-state index in [1.54, 1.807) is 0 Å². The fourth-order valence-electron chi connectivity index (χ4n) is 1.33. The van der Waals surface area contributed by atoms with Crippen LogP contribution in [0.25, 0.3) is 0 Å². The standard InChI is InChI=1S/C13H18ClNO2/c1-13(2,8-9-14)15-12(16)17-10-11-6-4-3-5-7-11/h3-7H,8-10H2,1-2H3,(H,15,16). The van der Waals surface area contributed by atoms with Gasteiger partial charge in [-0.1, -0.05) is 30.3 Å². The second-order valence-corrected chi connectivity index (χ2v) is 4.89. The molecule has 0 aromatic heterocycles. The molecule has 3 nitrogen and oxygen atoms in total. The maximum absolute atomic E-state index is 11.5. The molecule has 0 radical (unpaired) electrons. The highest BCUT2D eigenvalue weighted by Crippen LogP contribution is 2.10. The van der Waals surface area contributed by atoms with Gasteiger partial charge >= 0.3 is 6.09 Å². The number of amides is 1. The highest BCUT2D eigenvalue weighted by atomic mass is 35.5. The molecule has 1 aromatic carbocycles. The molecule has 0 atom stereocenters. The first-order valence-electron chi connectivity index (χ1n) is 5.58. The predicted molar refractivity (Wildman–Crippen MR) is 69.2 cm³/mol. The van der Waals surface area contributed by atoms with Crippen molar-refractivity contribution < 1.29 is 9.53 Å². The summed E-state index contributed by atoms with van der Waals surface area (Å²) < 4.78 is 5.12. The molecule has 0 bridgehead atoms. The molecule has 0 aliphatic heterocycles. The van der Waals surface area contributed by atoms with Gasteiger partial charge in [0.1, 0.15) is 6.61 Å². The van der Waals surface area contributed by atoms with E-state index in [0.717, 1.165) is 5.56 Å². The first-order chi connectivity index (χ1) is 8.03. The van der Waals surface area contributed by atoms with Crippen LogP contribution in [-0.4, -0.2) is 17.5 Å². The van der Waals surface area contributed by atoms with Crippen molar-refractivity contribution in [2.75, 3.05) is 5.88 Å². The lowest BCUT2D eigenvalue weighted by atomic mass is 10.0. The lowest BCUT2D eigenvalue weighted by Crippen LogP contribution is -2.43. The summed E-state index contributed by atoms with van der Waals surface area (Å²) in [6.07, 6.45) is 0.290. The molecule has 0 aliphatic rings. The molecule has 0 fully saturated rings. The van der Waals surface area contributed by atoms with Gasteiger partial charge in [0.15, 0.2) is 0 Å². The minimum atomic E-state index is -0.413. The van der Waals surface area contributed by atoms with Crippen LogP contribution in [0.2, 0.25) is 0 Å². The number of alkyl halides is 1. The Hall–Kier alpha value is -1.22. The van der Waals surface area contributed by atoms with Crippen molar-refractivity contribution in [2.45, 2.75) is 32.4 Å². The number of benzene rings is 1. The van der Waals surface area contributed by atoms with E-state index in [2.05, 4.69) is 5.32 Å². The molecule has 0 spiro atoms. The Balaban J connectivity index is 2.35. The van der Waals surface area contributed by atoms with Gasteiger partial charge in [-0.15, -0.1) is 11.6 Å². The summed E-state index contributed by atoms with van der Waals surface area (Å²) in [5.41, 5.74) is 0.632. The van der Waals surface area contributed by atoms with Gasteiger partial charge in [-0.05, 0) is 25.8 Å². The van der Waals surface area contributed by atoms with E-state index in [9.17, 15) is 4.79 Å². The lowest BCUT2D eigenvalue weighted by molar-refractivity contribution is 0.129. The van der Waals surface area contributed by atoms with E-state index in [4.69, 9.17) is 16.3 Å². The third kappa shape index (κ3) is 5.59. The van der Waals surface area contributed by atoms with Crippen molar-refractivity contribution in [1.29, 1.82) is 0 Å². The molecule has 0 unspecified atom stereocenters. The molecule has 0 aliphatic carbocycles. The molecule has 17 heavy (non-hydrogen) atoms. The molecule has 1 rings (SSSR count). The maximum Gasteiger partial charge on any atom is 0.407 e. The van der Waals surface area contributed by atoms with E-state index < -0.39 is 6.09 Å². The SMILES string of the molecule is CC(C)(CCCl)NC(=O)OCc1ccccc1. The number of ether oxygens (including phenoxy) is 1. The maximum atomic E-state index is 11.5. The van der Waals surface area contributed by atoms with Crippen LogP contribution in [0, 0.1) is 0 Å². The van der Waals surface area contributed by atoms with Gasteiger partial charge in [0.25, 0.3) is 0 Å². The van der Waals surface area contributed by atoms with Crippen molar-refractivity contribution in [1.82, 2.24) is 5.32 Å². The van der Waals surface area contributed by atoms with Crippen LogP contribution in [0.3, 0.4) is 0 Å². The second kappa shape index (κ2) is 6.50. The van der Waals surface area contributed by atoms with Crippen LogP contribution in [0.4, 0.5) is 4.79 Å². The van der Waals surface area contributed by atoms with Crippen LogP contribution in [0.15, 0.2) is 30.3 Å². The minimum absolute atomic E-state index is 0.281. The fourth-order valence-corrected chi connectivity index (χ4v) is 1.81. The number of halogens is 1. The summed E-state index contributed by atoms with van der Waals surface area (Å²) >= 11 is 5.65. The van der Waals surface area contributed by atoms with Crippen LogP contribution < -0.4 is 5.32 Å². The van der Waals surface area contributed by atoms with Gasteiger partial charge in [-0.2, -0.15) is 0 Å². The van der Waals surface area contributed by atoms with E-state index in [0.29, 0.717) is 12.3 Å². The summed E-state index contributed by atoms with van der Waals surface area (Å²) in [5.74, 6) is 0.506. The first kappa shape index (κ1) is 13.8. The lowest BCUT2D eigenvalue weighted by Gasteiger charge is -2.24. The van der Waals surface area contributed by atoms with Crippen molar-refractivity contribution in [2.24, 2.45) is 0 Å². The van der Waals surface area contributed by atoms with Crippen LogP contribution in [0.5, 0.6) is 0 Å². The monoisotopic (exact) mass is 255 g/mol. The molecule has 0 saturated heterocycles. The molecule has 0 heterocycles. The zero-order valence-electron chi connectivity index (χ0n) is 10.2. The zero-order valence-corrected chi connectivity index (χ0v) is 11.0. The smallest absolute Gasteiger partial charge is 0.407 e. The van der Waals surface area contributed by atoms with Crippen molar-refractivity contribution >= 4 is 17.7 Å². The highest BCUT2D eigenvalue weighted by molar-refractivity contribution is 6.17. The second-order valence-electron chi connectivity index (χ2n) is 4.51. The van der Waals surface area contributed by atoms with Gasteiger partial charge in [-0.25, -0.2) is 4.79 Å². The van der Waals surface area contributed by atoms with E-state index in [1.807, 2.05) is 44.2 Å². The molecular weight excluding hydrogens is 238 g/mol. The normalized spacial score (nSPS) is 11.0. The summed E-state index contributed by atoms with van der Waals surface area (Å²) in [6.45, 7) is 4.11. The van der Waals surface area contributed by atoms with E-state index in [-0.39, 0.29) is 12.1 Å². The molecule has 94 valence electrons. The molecule has 0 saturated carbocycles. The van der Waals surface area contributed by atoms with E-state index in [1.165, 1.54) is 0 Å². The number of alkyl carbamates (subject to hydrolysis) is 1. The van der Waals surface area contributed by atoms with Crippen LogP contribution in [0.1, 0.15) is 25.8 Å². The number of hydrogen-bond donors (Lipinski definition) is 1. The Morgan fingerprint density at radius 1 is 1.35 bits per heavy atom. The summed E-state index contributed by atoms with van der Waals surface area (Å²) in [6, 6.07) is 9.57. The Labute approximate surface area is 107 Å². The van der Waals surface area contributed by atoms with E-state index >= 15 is 0 Å². The topological polar surface area (TPSA) is 38.3 Å². The number of rotatable bonds is 5. The van der Waals surface area contributed by atoms with Gasteiger partial charge in [0.05, 0.1) is 0 Å². The Kier molecular flexibility index (Phi) is 5.29. The third-order valence-corrected chi connectivity index (χ3v) is 2.56. The first-order valence-corrected chi connectivity index (χ1v) is 6.12. The predicted octanol–water partition coefficient (Wildman–Crippen LogP) is 3.32. The number of nitrogens with one attached hydrogen (secondary N) is 1. The van der Waals surface area contributed by atoms with Gasteiger partial charge in [0, 0.05) is 11.4 Å². The quantitative estimate of drug-likeness (QED) is 0.820. The number of carbonyl (C=O) groups is 1. The Morgan fingerprint density at radius 3 is 2.59 bits per heavy atom. The Bertz CT molecular complexity index is 352. The summed E-state index contributed by atoms with van der Waals surface area (Å²) in [4.78, 5) is 11.5. The van der Waals surface area contributed by atoms with Crippen LogP contribution in [-0.2, 0) is 11.3 Å². The average Bonchev–Trinajstić information content (AvgIpc) is 2.27.